The van der Waals surface area contributed by atoms with Crippen LogP contribution in [0.5, 0.6) is 0 Å². The van der Waals surface area contributed by atoms with Gasteiger partial charge in [0.25, 0.3) is 0 Å². The third-order valence-electron chi connectivity index (χ3n) is 2.06. The van der Waals surface area contributed by atoms with E-state index in [0.29, 0.717) is 0 Å². The zero-order chi connectivity index (χ0) is 6.91. The third-order valence-corrected chi connectivity index (χ3v) is 2.06. The summed E-state index contributed by atoms with van der Waals surface area (Å²) in [5.41, 5.74) is 3.52. The Bertz CT molecular complexity index is 99.1. The van der Waals surface area contributed by atoms with Gasteiger partial charge in [0.1, 0.15) is 0 Å². The normalized spacial score (nSPS) is 33.0. The lowest BCUT2D eigenvalue weighted by atomic mass is 10.2. The van der Waals surface area contributed by atoms with E-state index in [0.717, 1.165) is 10.6 Å². The second-order valence-corrected chi connectivity index (χ2v) is 3.43. The van der Waals surface area contributed by atoms with E-state index < -0.39 is 0 Å². The van der Waals surface area contributed by atoms with Gasteiger partial charge >= 0.3 is 0 Å². The molecular formula is C7H17N2+. The maximum absolute atomic E-state index is 3.52. The summed E-state index contributed by atoms with van der Waals surface area (Å²) in [6, 6.07) is 0.764. The molecule has 1 saturated heterocycles. The monoisotopic (exact) mass is 129 g/mol. The van der Waals surface area contributed by atoms with Crippen LogP contribution in [0.1, 0.15) is 19.8 Å². The van der Waals surface area contributed by atoms with Crippen LogP contribution in [0.2, 0.25) is 0 Å². The van der Waals surface area contributed by atoms with Crippen molar-refractivity contribution < 1.29 is 4.59 Å². The van der Waals surface area contributed by atoms with Crippen molar-refractivity contribution in [3.63, 3.8) is 0 Å². The van der Waals surface area contributed by atoms with E-state index >= 15 is 0 Å². The van der Waals surface area contributed by atoms with Gasteiger partial charge in [-0.1, -0.05) is 6.92 Å². The predicted octanol–water partition coefficient (Wildman–Crippen LogP) is 0.750. The van der Waals surface area contributed by atoms with E-state index in [2.05, 4.69) is 26.4 Å². The summed E-state index contributed by atoms with van der Waals surface area (Å²) in [5.74, 6) is 0. The SMILES string of the molecule is CCC1CC[N+](C)(C)N1. The Morgan fingerprint density at radius 1 is 1.56 bits per heavy atom. The second kappa shape index (κ2) is 2.27. The highest BCUT2D eigenvalue weighted by Crippen LogP contribution is 2.11. The lowest BCUT2D eigenvalue weighted by Crippen LogP contribution is -2.48. The first kappa shape index (κ1) is 7.03. The Kier molecular flexibility index (Phi) is 1.78. The molecule has 0 saturated carbocycles. The minimum atomic E-state index is 0.764. The fourth-order valence-corrected chi connectivity index (χ4v) is 1.40. The maximum atomic E-state index is 3.52. The van der Waals surface area contributed by atoms with E-state index in [1.54, 1.807) is 0 Å². The Hall–Kier alpha value is -0.0800. The standard InChI is InChI=1S/C7H17N2/c1-4-7-5-6-9(2,3)8-7/h7-8H,4-6H2,1-3H3/q+1. The van der Waals surface area contributed by atoms with Crippen LogP contribution in [0.3, 0.4) is 0 Å². The van der Waals surface area contributed by atoms with Crippen LogP contribution in [0.4, 0.5) is 0 Å². The van der Waals surface area contributed by atoms with Crippen molar-refractivity contribution in [1.82, 2.24) is 5.43 Å². The summed E-state index contributed by atoms with van der Waals surface area (Å²) in [6.45, 7) is 3.52. The van der Waals surface area contributed by atoms with Crippen LogP contribution in [-0.2, 0) is 0 Å². The molecule has 0 radical (unpaired) electrons. The summed E-state index contributed by atoms with van der Waals surface area (Å²) in [5, 5.41) is 0. The van der Waals surface area contributed by atoms with Crippen molar-refractivity contribution >= 4 is 0 Å². The fraction of sp³-hybridized carbons (Fsp3) is 1.00. The Balaban J connectivity index is 2.38. The quantitative estimate of drug-likeness (QED) is 0.515. The molecule has 1 aliphatic rings. The van der Waals surface area contributed by atoms with E-state index in [4.69, 9.17) is 0 Å². The van der Waals surface area contributed by atoms with E-state index in [1.807, 2.05) is 0 Å². The molecule has 1 atom stereocenters. The number of hydrogen-bond donors (Lipinski definition) is 1. The molecule has 1 aliphatic heterocycles. The number of quaternary nitrogens is 1. The lowest BCUT2D eigenvalue weighted by Gasteiger charge is -2.22. The highest BCUT2D eigenvalue weighted by molar-refractivity contribution is 4.63. The smallest absolute Gasteiger partial charge is 0.0975 e. The summed E-state index contributed by atoms with van der Waals surface area (Å²) < 4.78 is 0.999. The molecular weight excluding hydrogens is 112 g/mol. The molecule has 54 valence electrons. The molecule has 0 spiro atoms. The number of rotatable bonds is 1. The largest absolute Gasteiger partial charge is 0.250 e. The molecule has 1 N–H and O–H groups in total. The number of nitrogens with zero attached hydrogens (tertiary/aromatic N) is 1. The molecule has 9 heavy (non-hydrogen) atoms. The van der Waals surface area contributed by atoms with E-state index in [1.165, 1.54) is 19.4 Å². The predicted molar refractivity (Wildman–Crippen MR) is 38.8 cm³/mol. The van der Waals surface area contributed by atoms with Gasteiger partial charge in [0.15, 0.2) is 0 Å². The average Bonchev–Trinajstić information content (AvgIpc) is 2.10. The van der Waals surface area contributed by atoms with Gasteiger partial charge in [0, 0.05) is 6.42 Å². The first-order valence-electron chi connectivity index (χ1n) is 3.75. The first-order chi connectivity index (χ1) is 4.14. The molecule has 1 heterocycles. The minimum Gasteiger partial charge on any atom is -0.250 e. The van der Waals surface area contributed by atoms with Crippen LogP contribution in [0.15, 0.2) is 0 Å². The van der Waals surface area contributed by atoms with Gasteiger partial charge in [-0.25, -0.2) is 0 Å². The molecule has 1 rings (SSSR count). The van der Waals surface area contributed by atoms with Gasteiger partial charge in [0.05, 0.1) is 26.7 Å². The van der Waals surface area contributed by atoms with Crippen molar-refractivity contribution in [3.8, 4) is 0 Å². The number of nitrogens with one attached hydrogen (secondary N) is 1. The van der Waals surface area contributed by atoms with Gasteiger partial charge in [0.2, 0.25) is 0 Å². The van der Waals surface area contributed by atoms with E-state index in [9.17, 15) is 0 Å². The highest BCUT2D eigenvalue weighted by Gasteiger charge is 2.28. The topological polar surface area (TPSA) is 12.0 Å². The molecule has 2 heteroatoms. The molecule has 0 bridgehead atoms. The van der Waals surface area contributed by atoms with Crippen molar-refractivity contribution in [3.05, 3.63) is 0 Å². The van der Waals surface area contributed by atoms with Gasteiger partial charge < -0.3 is 0 Å². The second-order valence-electron chi connectivity index (χ2n) is 3.43. The van der Waals surface area contributed by atoms with Crippen molar-refractivity contribution in [1.29, 1.82) is 0 Å². The summed E-state index contributed by atoms with van der Waals surface area (Å²) in [6.07, 6.45) is 2.60. The molecule has 2 nitrogen and oxygen atoms in total. The van der Waals surface area contributed by atoms with Crippen LogP contribution in [0.25, 0.3) is 0 Å². The van der Waals surface area contributed by atoms with Crippen molar-refractivity contribution in [2.45, 2.75) is 25.8 Å². The zero-order valence-corrected chi connectivity index (χ0v) is 6.65. The van der Waals surface area contributed by atoms with Crippen molar-refractivity contribution in [2.24, 2.45) is 0 Å². The van der Waals surface area contributed by atoms with Crippen LogP contribution in [-0.4, -0.2) is 31.3 Å². The van der Waals surface area contributed by atoms with Gasteiger partial charge in [-0.3, -0.25) is 4.59 Å². The molecule has 0 amide bonds. The van der Waals surface area contributed by atoms with E-state index in [-0.39, 0.29) is 0 Å². The molecule has 1 fully saturated rings. The summed E-state index contributed by atoms with van der Waals surface area (Å²) >= 11 is 0. The molecule has 0 aromatic rings. The Labute approximate surface area is 57.4 Å². The van der Waals surface area contributed by atoms with Crippen LogP contribution < -0.4 is 5.43 Å². The Morgan fingerprint density at radius 2 is 2.22 bits per heavy atom. The van der Waals surface area contributed by atoms with Gasteiger partial charge in [-0.15, -0.1) is 0 Å². The van der Waals surface area contributed by atoms with Crippen LogP contribution >= 0.6 is 0 Å². The maximum Gasteiger partial charge on any atom is 0.0975 e. The summed E-state index contributed by atoms with van der Waals surface area (Å²) in [4.78, 5) is 0. The molecule has 0 aromatic heterocycles. The van der Waals surface area contributed by atoms with Gasteiger partial charge in [-0.2, -0.15) is 5.43 Å². The zero-order valence-electron chi connectivity index (χ0n) is 6.65. The molecule has 1 unspecified atom stereocenters. The van der Waals surface area contributed by atoms with Crippen molar-refractivity contribution in [2.75, 3.05) is 20.6 Å². The summed E-state index contributed by atoms with van der Waals surface area (Å²) in [7, 11) is 4.44. The van der Waals surface area contributed by atoms with Crippen LogP contribution in [0, 0.1) is 0 Å². The fourth-order valence-electron chi connectivity index (χ4n) is 1.40. The number of hydrogen-bond acceptors (Lipinski definition) is 1. The first-order valence-corrected chi connectivity index (χ1v) is 3.75. The van der Waals surface area contributed by atoms with Gasteiger partial charge in [-0.05, 0) is 6.42 Å². The minimum absolute atomic E-state index is 0.764. The molecule has 0 aromatic carbocycles. The molecule has 0 aliphatic carbocycles. The average molecular weight is 129 g/mol. The Morgan fingerprint density at radius 3 is 2.44 bits per heavy atom. The third kappa shape index (κ3) is 1.66. The lowest BCUT2D eigenvalue weighted by molar-refractivity contribution is -0.922. The highest BCUT2D eigenvalue weighted by atomic mass is 15.7.